The molecule has 2 atom stereocenters. The number of anilines is 1. The number of likely N-dealkylation sites (tertiary alicyclic amines) is 1. The van der Waals surface area contributed by atoms with Crippen LogP contribution in [0.5, 0.6) is 0 Å². The number of rotatable bonds is 3. The molecule has 0 radical (unpaired) electrons. The van der Waals surface area contributed by atoms with Gasteiger partial charge in [-0.2, -0.15) is 0 Å². The lowest BCUT2D eigenvalue weighted by Crippen LogP contribution is -2.44. The van der Waals surface area contributed by atoms with E-state index in [0.29, 0.717) is 24.4 Å². The summed E-state index contributed by atoms with van der Waals surface area (Å²) in [4.78, 5) is 21.7. The predicted molar refractivity (Wildman–Crippen MR) is 105 cm³/mol. The van der Waals surface area contributed by atoms with Crippen molar-refractivity contribution in [2.45, 2.75) is 39.2 Å². The summed E-state index contributed by atoms with van der Waals surface area (Å²) >= 11 is 1.70. The average Bonchev–Trinajstić information content (AvgIpc) is 3.12. The Hall–Kier alpha value is -0.560. The molecular formula is C16H28Cl2N4OS. The van der Waals surface area contributed by atoms with Gasteiger partial charge in [-0.15, -0.1) is 36.2 Å². The molecule has 3 heterocycles. The Morgan fingerprint density at radius 2 is 2.04 bits per heavy atom. The van der Waals surface area contributed by atoms with Crippen LogP contribution >= 0.6 is 36.2 Å². The molecule has 0 aliphatic carbocycles. The predicted octanol–water partition coefficient (Wildman–Crippen LogP) is 2.71. The van der Waals surface area contributed by atoms with Gasteiger partial charge in [0.25, 0.3) is 0 Å². The van der Waals surface area contributed by atoms with Crippen LogP contribution in [0.25, 0.3) is 0 Å². The molecule has 3 rings (SSSR count). The van der Waals surface area contributed by atoms with Crippen LogP contribution < -0.4 is 10.6 Å². The van der Waals surface area contributed by atoms with E-state index in [2.05, 4.69) is 27.1 Å². The first-order chi connectivity index (χ1) is 10.6. The zero-order valence-electron chi connectivity index (χ0n) is 14.3. The van der Waals surface area contributed by atoms with E-state index in [4.69, 9.17) is 5.73 Å². The summed E-state index contributed by atoms with van der Waals surface area (Å²) in [7, 11) is 0. The number of carbonyl (C=O) groups is 1. The highest BCUT2D eigenvalue weighted by atomic mass is 35.5. The zero-order chi connectivity index (χ0) is 15.7. The van der Waals surface area contributed by atoms with E-state index in [1.54, 1.807) is 11.3 Å². The Balaban J connectivity index is 0.00000144. The Morgan fingerprint density at radius 3 is 2.54 bits per heavy atom. The molecule has 0 spiro atoms. The highest BCUT2D eigenvalue weighted by Crippen LogP contribution is 2.30. The van der Waals surface area contributed by atoms with Crippen molar-refractivity contribution in [3.05, 3.63) is 11.1 Å². The van der Waals surface area contributed by atoms with Crippen LogP contribution in [0.4, 0.5) is 5.13 Å². The molecule has 1 aromatic rings. The summed E-state index contributed by atoms with van der Waals surface area (Å²) in [6.07, 6.45) is 2.93. The molecule has 2 N–H and O–H groups in total. The highest BCUT2D eigenvalue weighted by molar-refractivity contribution is 7.13. The van der Waals surface area contributed by atoms with Gasteiger partial charge in [0.05, 0.1) is 5.69 Å². The van der Waals surface area contributed by atoms with Gasteiger partial charge in [0.1, 0.15) is 0 Å². The minimum absolute atomic E-state index is 0. The first kappa shape index (κ1) is 21.5. The van der Waals surface area contributed by atoms with Gasteiger partial charge < -0.3 is 15.5 Å². The first-order valence-electron chi connectivity index (χ1n) is 8.26. The lowest BCUT2D eigenvalue weighted by molar-refractivity contribution is -0.136. The molecule has 2 unspecified atom stereocenters. The van der Waals surface area contributed by atoms with Crippen LogP contribution in [0.15, 0.2) is 5.38 Å². The Morgan fingerprint density at radius 1 is 1.38 bits per heavy atom. The molecule has 2 aliphatic heterocycles. The number of nitrogens with two attached hydrogens (primary N) is 1. The number of thiazole rings is 1. The molecular weight excluding hydrogens is 367 g/mol. The maximum Gasteiger partial charge on any atom is 0.226 e. The summed E-state index contributed by atoms with van der Waals surface area (Å²) in [5.41, 5.74) is 6.85. The van der Waals surface area contributed by atoms with Crippen LogP contribution in [0.2, 0.25) is 0 Å². The van der Waals surface area contributed by atoms with Gasteiger partial charge in [-0.1, -0.05) is 0 Å². The largest absolute Gasteiger partial charge is 0.348 e. The molecule has 2 fully saturated rings. The van der Waals surface area contributed by atoms with Crippen molar-refractivity contribution in [3.8, 4) is 0 Å². The number of amides is 1. The van der Waals surface area contributed by atoms with Gasteiger partial charge in [0.2, 0.25) is 5.91 Å². The van der Waals surface area contributed by atoms with Gasteiger partial charge >= 0.3 is 0 Å². The molecule has 2 aliphatic rings. The van der Waals surface area contributed by atoms with E-state index in [9.17, 15) is 4.79 Å². The van der Waals surface area contributed by atoms with E-state index in [1.165, 1.54) is 0 Å². The number of aryl methyl sites for hydroxylation is 1. The quantitative estimate of drug-likeness (QED) is 0.855. The minimum atomic E-state index is 0. The number of halogens is 2. The third kappa shape index (κ3) is 4.54. The van der Waals surface area contributed by atoms with Crippen molar-refractivity contribution in [2.75, 3.05) is 31.1 Å². The fourth-order valence-corrected chi connectivity index (χ4v) is 4.52. The summed E-state index contributed by atoms with van der Waals surface area (Å²) in [6.45, 7) is 7.59. The minimum Gasteiger partial charge on any atom is -0.348 e. The second kappa shape index (κ2) is 9.22. The summed E-state index contributed by atoms with van der Waals surface area (Å²) < 4.78 is 0. The van der Waals surface area contributed by atoms with Gasteiger partial charge in [-0.3, -0.25) is 4.79 Å². The van der Waals surface area contributed by atoms with Crippen LogP contribution in [0.1, 0.15) is 31.9 Å². The van der Waals surface area contributed by atoms with Crippen LogP contribution in [0.3, 0.4) is 0 Å². The topological polar surface area (TPSA) is 62.5 Å². The Bertz CT molecular complexity index is 534. The molecule has 1 aromatic heterocycles. The van der Waals surface area contributed by atoms with Crippen LogP contribution in [0, 0.1) is 18.8 Å². The molecule has 5 nitrogen and oxygen atoms in total. The van der Waals surface area contributed by atoms with Crippen molar-refractivity contribution in [3.63, 3.8) is 0 Å². The first-order valence-corrected chi connectivity index (χ1v) is 9.14. The van der Waals surface area contributed by atoms with E-state index in [-0.39, 0.29) is 30.7 Å². The van der Waals surface area contributed by atoms with Crippen molar-refractivity contribution in [1.82, 2.24) is 9.88 Å². The molecule has 1 amide bonds. The number of piperidine rings is 1. The van der Waals surface area contributed by atoms with Crippen molar-refractivity contribution in [1.29, 1.82) is 0 Å². The van der Waals surface area contributed by atoms with Gasteiger partial charge in [0, 0.05) is 37.0 Å². The third-order valence-electron chi connectivity index (χ3n) is 5.00. The average molecular weight is 395 g/mol. The monoisotopic (exact) mass is 394 g/mol. The van der Waals surface area contributed by atoms with Gasteiger partial charge in [-0.05, 0) is 45.6 Å². The molecule has 0 aromatic carbocycles. The normalized spacial score (nSPS) is 24.5. The number of aromatic nitrogens is 1. The zero-order valence-corrected chi connectivity index (χ0v) is 16.8. The maximum absolute atomic E-state index is 12.8. The van der Waals surface area contributed by atoms with E-state index in [0.717, 1.165) is 49.7 Å². The van der Waals surface area contributed by atoms with Crippen LogP contribution in [-0.2, 0) is 4.79 Å². The number of carbonyl (C=O) groups excluding carboxylic acids is 1. The fourth-order valence-electron chi connectivity index (χ4n) is 3.66. The second-order valence-electron chi connectivity index (χ2n) is 6.71. The second-order valence-corrected chi connectivity index (χ2v) is 7.55. The van der Waals surface area contributed by atoms with Crippen LogP contribution in [-0.4, -0.2) is 48.0 Å². The summed E-state index contributed by atoms with van der Waals surface area (Å²) in [6, 6.07) is 0.348. The van der Waals surface area contributed by atoms with Gasteiger partial charge in [0.15, 0.2) is 5.13 Å². The SMILES string of the molecule is Cc1csc(N2CCC(C(=O)N3CC(CN)CC3C)CC2)n1.Cl.Cl. The lowest BCUT2D eigenvalue weighted by Gasteiger charge is -2.34. The Kier molecular flexibility index (Phi) is 8.26. The number of hydrogen-bond donors (Lipinski definition) is 1. The molecule has 138 valence electrons. The van der Waals surface area contributed by atoms with Crippen molar-refractivity contribution in [2.24, 2.45) is 17.6 Å². The van der Waals surface area contributed by atoms with E-state index >= 15 is 0 Å². The molecule has 8 heteroatoms. The highest BCUT2D eigenvalue weighted by Gasteiger charge is 2.36. The standard InChI is InChI=1S/C16H26N4OS.2ClH/c1-11-10-22-16(18-11)19-5-3-14(4-6-19)15(21)20-9-13(8-17)7-12(20)2;;/h10,12-14H,3-9,17H2,1-2H3;2*1H. The number of hydrogen-bond acceptors (Lipinski definition) is 5. The van der Waals surface area contributed by atoms with E-state index in [1.807, 2.05) is 6.92 Å². The third-order valence-corrected chi connectivity index (χ3v) is 6.02. The van der Waals surface area contributed by atoms with Gasteiger partial charge in [-0.25, -0.2) is 4.98 Å². The van der Waals surface area contributed by atoms with E-state index < -0.39 is 0 Å². The molecule has 2 saturated heterocycles. The maximum atomic E-state index is 12.8. The fraction of sp³-hybridized carbons (Fsp3) is 0.750. The summed E-state index contributed by atoms with van der Waals surface area (Å²) in [5, 5.41) is 3.19. The molecule has 24 heavy (non-hydrogen) atoms. The van der Waals surface area contributed by atoms with Crippen molar-refractivity contribution >= 4 is 47.2 Å². The summed E-state index contributed by atoms with van der Waals surface area (Å²) in [5.74, 6) is 1.01. The Labute approximate surface area is 160 Å². The van der Waals surface area contributed by atoms with Crippen molar-refractivity contribution < 1.29 is 4.79 Å². The lowest BCUT2D eigenvalue weighted by atomic mass is 9.95. The molecule has 0 bridgehead atoms. The smallest absolute Gasteiger partial charge is 0.226 e. The molecule has 0 saturated carbocycles. The number of nitrogens with zero attached hydrogens (tertiary/aromatic N) is 3.